The van der Waals surface area contributed by atoms with E-state index in [1.54, 1.807) is 23.1 Å². The van der Waals surface area contributed by atoms with Gasteiger partial charge in [-0.05, 0) is 47.4 Å². The lowest BCUT2D eigenvalue weighted by molar-refractivity contribution is -0.164. The quantitative estimate of drug-likeness (QED) is 0.0910. The van der Waals surface area contributed by atoms with Crippen molar-refractivity contribution in [2.24, 2.45) is 0 Å². The molecule has 8 nitrogen and oxygen atoms in total. The average Bonchev–Trinajstić information content (AvgIpc) is 3.42. The van der Waals surface area contributed by atoms with Gasteiger partial charge in [0, 0.05) is 0 Å². The van der Waals surface area contributed by atoms with Crippen molar-refractivity contribution in [1.82, 2.24) is 4.90 Å². The number of hydrogen-bond donors (Lipinski definition) is 0. The van der Waals surface area contributed by atoms with Crippen molar-refractivity contribution in [2.75, 3.05) is 6.61 Å². The lowest BCUT2D eigenvalue weighted by Gasteiger charge is -2.38. The minimum Gasteiger partial charge on any atom is -0.485 e. The molecular weight excluding hydrogens is 663 g/mol. The fourth-order valence-corrected chi connectivity index (χ4v) is 8.02. The van der Waals surface area contributed by atoms with Crippen LogP contribution in [-0.4, -0.2) is 45.5 Å². The summed E-state index contributed by atoms with van der Waals surface area (Å²) in [5.41, 5.74) is 3.84. The molecular formula is C42H37NO7S. The molecule has 0 N–H and O–H groups in total. The van der Waals surface area contributed by atoms with Crippen molar-refractivity contribution >= 4 is 29.6 Å². The molecule has 258 valence electrons. The minimum atomic E-state index is -0.952. The number of esters is 2. The Hall–Kier alpha value is -5.54. The maximum Gasteiger partial charge on any atom is 0.338 e. The highest BCUT2D eigenvalue weighted by atomic mass is 32.2. The highest BCUT2D eigenvalue weighted by Crippen LogP contribution is 2.52. The zero-order chi connectivity index (χ0) is 35.2. The van der Waals surface area contributed by atoms with E-state index in [9.17, 15) is 14.4 Å². The van der Waals surface area contributed by atoms with E-state index in [4.69, 9.17) is 18.9 Å². The molecule has 0 saturated carbocycles. The van der Waals surface area contributed by atoms with Gasteiger partial charge in [0.15, 0.2) is 17.6 Å². The second kappa shape index (κ2) is 15.1. The van der Waals surface area contributed by atoms with E-state index in [0.29, 0.717) is 24.5 Å². The van der Waals surface area contributed by atoms with E-state index in [0.717, 1.165) is 22.3 Å². The highest BCUT2D eigenvalue weighted by Gasteiger charge is 2.62. The van der Waals surface area contributed by atoms with Gasteiger partial charge in [-0.25, -0.2) is 9.59 Å². The molecule has 2 aliphatic heterocycles. The van der Waals surface area contributed by atoms with Crippen LogP contribution in [0.3, 0.4) is 0 Å². The van der Waals surface area contributed by atoms with Crippen LogP contribution in [0.15, 0.2) is 140 Å². The number of ether oxygens (including phenoxy) is 4. The van der Waals surface area contributed by atoms with Crippen LogP contribution in [0.1, 0.15) is 52.1 Å². The second-order valence-electron chi connectivity index (χ2n) is 12.7. The Kier molecular flexibility index (Phi) is 10.1. The number of hydrogen-bond acceptors (Lipinski definition) is 8. The van der Waals surface area contributed by atoms with E-state index in [1.165, 1.54) is 11.8 Å². The summed E-state index contributed by atoms with van der Waals surface area (Å²) < 4.78 is 23.5. The first kappa shape index (κ1) is 33.9. The Bertz CT molecular complexity index is 1940. The third-order valence-electron chi connectivity index (χ3n) is 9.01. The molecule has 5 aromatic rings. The van der Waals surface area contributed by atoms with Crippen LogP contribution in [-0.2, 0) is 32.3 Å². The van der Waals surface area contributed by atoms with Crippen LogP contribution in [0.5, 0.6) is 11.5 Å². The zero-order valence-corrected chi connectivity index (χ0v) is 28.9. The largest absolute Gasteiger partial charge is 0.485 e. The maximum absolute atomic E-state index is 14.1. The molecule has 2 heterocycles. The monoisotopic (exact) mass is 699 g/mol. The van der Waals surface area contributed by atoms with Crippen molar-refractivity contribution < 1.29 is 33.3 Å². The van der Waals surface area contributed by atoms with E-state index in [2.05, 4.69) is 0 Å². The van der Waals surface area contributed by atoms with E-state index < -0.39 is 28.8 Å². The van der Waals surface area contributed by atoms with Crippen molar-refractivity contribution in [3.05, 3.63) is 167 Å². The molecule has 2 saturated heterocycles. The Balaban J connectivity index is 1.09. The van der Waals surface area contributed by atoms with Crippen LogP contribution in [0.4, 0.5) is 0 Å². The number of carbonyl (C=O) groups excluding carboxylic acids is 3. The van der Waals surface area contributed by atoms with E-state index in [1.807, 2.05) is 128 Å². The molecule has 2 aliphatic rings. The molecule has 0 radical (unpaired) electrons. The number of rotatable bonds is 13. The molecule has 2 fully saturated rings. The number of carbonyl (C=O) groups is 3. The average molecular weight is 700 g/mol. The summed E-state index contributed by atoms with van der Waals surface area (Å²) >= 11 is 1.46. The van der Waals surface area contributed by atoms with Crippen LogP contribution in [0.2, 0.25) is 0 Å². The number of nitrogens with zero attached hydrogens (tertiary/aromatic N) is 1. The molecule has 0 aromatic heterocycles. The zero-order valence-electron chi connectivity index (χ0n) is 28.1. The molecule has 9 heteroatoms. The highest BCUT2D eigenvalue weighted by molar-refractivity contribution is 8.01. The SMILES string of the molecule is C[C@@]1(COC(=O)c2ccc(OCc3ccccc3)c(OCc3ccccc3)c2)S[C@@H]2CC(=O)N2[C@H]1C(=O)OC(c1ccccc1)c1ccccc1. The molecule has 0 spiro atoms. The van der Waals surface area contributed by atoms with Crippen molar-refractivity contribution in [3.63, 3.8) is 0 Å². The Labute approximate surface area is 301 Å². The summed E-state index contributed by atoms with van der Waals surface area (Å²) in [6.07, 6.45) is -0.366. The maximum atomic E-state index is 14.1. The van der Waals surface area contributed by atoms with Gasteiger partial charge in [-0.15, -0.1) is 11.8 Å². The molecule has 51 heavy (non-hydrogen) atoms. The van der Waals surface area contributed by atoms with Crippen molar-refractivity contribution in [3.8, 4) is 11.5 Å². The number of amides is 1. The number of fused-ring (bicyclic) bond motifs is 1. The third kappa shape index (κ3) is 7.64. The third-order valence-corrected chi connectivity index (χ3v) is 10.6. The van der Waals surface area contributed by atoms with Gasteiger partial charge in [-0.3, -0.25) is 4.79 Å². The van der Waals surface area contributed by atoms with Gasteiger partial charge >= 0.3 is 11.9 Å². The summed E-state index contributed by atoms with van der Waals surface area (Å²) in [5.74, 6) is -0.385. The van der Waals surface area contributed by atoms with Gasteiger partial charge in [0.2, 0.25) is 5.91 Å². The number of β-lactam (4-membered cyclic amide) rings is 1. The van der Waals surface area contributed by atoms with Gasteiger partial charge in [-0.2, -0.15) is 0 Å². The van der Waals surface area contributed by atoms with Gasteiger partial charge in [0.05, 0.1) is 22.1 Å². The molecule has 1 amide bonds. The van der Waals surface area contributed by atoms with Gasteiger partial charge < -0.3 is 23.8 Å². The van der Waals surface area contributed by atoms with E-state index >= 15 is 0 Å². The Morgan fingerprint density at radius 3 is 1.82 bits per heavy atom. The van der Waals surface area contributed by atoms with E-state index in [-0.39, 0.29) is 30.1 Å². The summed E-state index contributed by atoms with van der Waals surface area (Å²) in [6.45, 7) is 2.32. The van der Waals surface area contributed by atoms with Crippen LogP contribution < -0.4 is 9.47 Å². The van der Waals surface area contributed by atoms with Crippen LogP contribution >= 0.6 is 11.8 Å². The summed E-state index contributed by atoms with van der Waals surface area (Å²) in [6, 6.07) is 42.5. The van der Waals surface area contributed by atoms with Gasteiger partial charge in [0.25, 0.3) is 0 Å². The van der Waals surface area contributed by atoms with Crippen LogP contribution in [0, 0.1) is 0 Å². The fourth-order valence-electron chi connectivity index (χ4n) is 6.35. The predicted molar refractivity (Wildman–Crippen MR) is 194 cm³/mol. The van der Waals surface area contributed by atoms with Gasteiger partial charge in [-0.1, -0.05) is 121 Å². The smallest absolute Gasteiger partial charge is 0.338 e. The number of benzene rings is 5. The molecule has 0 unspecified atom stereocenters. The Morgan fingerprint density at radius 2 is 1.27 bits per heavy atom. The molecule has 7 rings (SSSR count). The summed E-state index contributed by atoms with van der Waals surface area (Å²) in [4.78, 5) is 42.1. The predicted octanol–water partition coefficient (Wildman–Crippen LogP) is 7.77. The molecule has 0 aliphatic carbocycles. The first-order valence-electron chi connectivity index (χ1n) is 16.8. The first-order chi connectivity index (χ1) is 24.9. The van der Waals surface area contributed by atoms with Crippen molar-refractivity contribution in [1.29, 1.82) is 0 Å². The van der Waals surface area contributed by atoms with Crippen LogP contribution in [0.25, 0.3) is 0 Å². The number of thioether (sulfide) groups is 1. The fraction of sp³-hybridized carbons (Fsp3) is 0.214. The molecule has 5 aromatic carbocycles. The minimum absolute atomic E-state index is 0.121. The standard InChI is InChI=1S/C42H37NO7S/c1-42(39(43-36(44)25-37(43)51-42)41(46)50-38(31-18-10-4-11-19-31)32-20-12-5-13-21-32)28-49-40(45)33-22-23-34(47-26-29-14-6-2-7-15-29)35(24-33)48-27-30-16-8-3-9-17-30/h2-24,37-39H,25-28H2,1H3/t37-,39+,42+/m1/s1. The molecule has 0 bridgehead atoms. The lowest BCUT2D eigenvalue weighted by Crippen LogP contribution is -2.58. The second-order valence-corrected chi connectivity index (χ2v) is 14.4. The Morgan fingerprint density at radius 1 is 0.745 bits per heavy atom. The topological polar surface area (TPSA) is 91.4 Å². The summed E-state index contributed by atoms with van der Waals surface area (Å²) in [7, 11) is 0. The normalized spacial score (nSPS) is 19.2. The molecule has 3 atom stereocenters. The lowest BCUT2D eigenvalue weighted by atomic mass is 9.96. The van der Waals surface area contributed by atoms with Gasteiger partial charge in [0.1, 0.15) is 25.9 Å². The van der Waals surface area contributed by atoms with Crippen molar-refractivity contribution in [2.45, 2.75) is 48.8 Å². The summed E-state index contributed by atoms with van der Waals surface area (Å²) in [5, 5.41) is -0.204. The first-order valence-corrected chi connectivity index (χ1v) is 17.7.